The van der Waals surface area contributed by atoms with E-state index in [1.54, 1.807) is 19.1 Å². The molecule has 0 aliphatic carbocycles. The highest BCUT2D eigenvalue weighted by Gasteiger charge is 2.14. The number of aromatic nitrogens is 4. The van der Waals surface area contributed by atoms with Crippen molar-refractivity contribution in [3.05, 3.63) is 22.2 Å². The zero-order valence-corrected chi connectivity index (χ0v) is 15.3. The number of tetrazole rings is 1. The van der Waals surface area contributed by atoms with Gasteiger partial charge in [-0.05, 0) is 57.9 Å². The Labute approximate surface area is 152 Å². The summed E-state index contributed by atoms with van der Waals surface area (Å²) in [6, 6.07) is 3.45. The van der Waals surface area contributed by atoms with Crippen LogP contribution in [-0.4, -0.2) is 52.3 Å². The smallest absolute Gasteiger partial charge is 0.344 e. The number of hydrogen-bond donors (Lipinski definition) is 1. The molecule has 0 atom stereocenters. The molecule has 0 unspecified atom stereocenters. The third-order valence-corrected chi connectivity index (χ3v) is 3.35. The fourth-order valence-electron chi connectivity index (χ4n) is 1.79. The molecule has 0 fully saturated rings. The van der Waals surface area contributed by atoms with Crippen molar-refractivity contribution in [1.29, 1.82) is 0 Å². The molecule has 2 aromatic rings. The molecule has 0 aliphatic heterocycles. The van der Waals surface area contributed by atoms with E-state index in [4.69, 9.17) is 19.9 Å². The van der Waals surface area contributed by atoms with Crippen molar-refractivity contribution in [3.8, 4) is 11.5 Å². The number of halogens is 1. The first-order valence-corrected chi connectivity index (χ1v) is 8.17. The Kier molecular flexibility index (Phi) is 6.69. The average molecular weight is 413 g/mol. The van der Waals surface area contributed by atoms with Crippen LogP contribution < -0.4 is 15.2 Å². The number of benzene rings is 1. The Bertz CT molecular complexity index is 764. The number of nitrogens with zero attached hydrogens (tertiary/aromatic N) is 5. The molecule has 0 bridgehead atoms. The summed E-state index contributed by atoms with van der Waals surface area (Å²) >= 11 is 3.40. The van der Waals surface area contributed by atoms with Gasteiger partial charge >= 0.3 is 5.97 Å². The molecule has 1 aromatic carbocycles. The van der Waals surface area contributed by atoms with Gasteiger partial charge in [-0.2, -0.15) is 5.10 Å². The van der Waals surface area contributed by atoms with Gasteiger partial charge in [0, 0.05) is 0 Å². The fraction of sp³-hybridized carbons (Fsp3) is 0.357. The molecule has 2 rings (SSSR count). The number of nitrogen functional groups attached to an aromatic ring is 1. The predicted molar refractivity (Wildman–Crippen MR) is 92.7 cm³/mol. The minimum atomic E-state index is -0.461. The molecule has 0 radical (unpaired) electrons. The molecule has 0 spiro atoms. The lowest BCUT2D eigenvalue weighted by Gasteiger charge is -2.14. The summed E-state index contributed by atoms with van der Waals surface area (Å²) < 4.78 is 16.5. The Morgan fingerprint density at radius 3 is 2.80 bits per heavy atom. The summed E-state index contributed by atoms with van der Waals surface area (Å²) in [4.78, 5) is 12.6. The second-order valence-electron chi connectivity index (χ2n) is 4.53. The number of carbonyl (C=O) groups is 1. The van der Waals surface area contributed by atoms with Gasteiger partial charge in [0.25, 0.3) is 5.95 Å². The first-order chi connectivity index (χ1) is 12.0. The molecule has 1 heterocycles. The van der Waals surface area contributed by atoms with Crippen LogP contribution >= 0.6 is 15.9 Å². The maximum absolute atomic E-state index is 11.5. The number of ether oxygens (including phenoxy) is 3. The quantitative estimate of drug-likeness (QED) is 0.506. The summed E-state index contributed by atoms with van der Waals surface area (Å²) in [6.07, 6.45) is 1.51. The van der Waals surface area contributed by atoms with Crippen LogP contribution in [0.15, 0.2) is 21.7 Å². The number of esters is 1. The molecule has 25 heavy (non-hydrogen) atoms. The zero-order valence-electron chi connectivity index (χ0n) is 13.7. The predicted octanol–water partition coefficient (Wildman–Crippen LogP) is 1.24. The van der Waals surface area contributed by atoms with E-state index < -0.39 is 5.97 Å². The number of rotatable bonds is 8. The number of anilines is 1. The van der Waals surface area contributed by atoms with E-state index in [-0.39, 0.29) is 19.2 Å². The van der Waals surface area contributed by atoms with Crippen LogP contribution in [0.2, 0.25) is 0 Å². The van der Waals surface area contributed by atoms with E-state index in [9.17, 15) is 4.79 Å². The Hall–Kier alpha value is -2.69. The van der Waals surface area contributed by atoms with Crippen LogP contribution in [0, 0.1) is 0 Å². The van der Waals surface area contributed by atoms with Crippen LogP contribution in [0.4, 0.5) is 5.95 Å². The van der Waals surface area contributed by atoms with Gasteiger partial charge in [-0.15, -0.1) is 0 Å². The van der Waals surface area contributed by atoms with E-state index in [2.05, 4.69) is 36.6 Å². The highest BCUT2D eigenvalue weighted by Crippen LogP contribution is 2.36. The lowest BCUT2D eigenvalue weighted by molar-refractivity contribution is -0.145. The summed E-state index contributed by atoms with van der Waals surface area (Å²) in [7, 11) is 0. The minimum Gasteiger partial charge on any atom is -0.490 e. The molecule has 0 aliphatic rings. The minimum absolute atomic E-state index is 0.0646. The van der Waals surface area contributed by atoms with Crippen molar-refractivity contribution in [2.24, 2.45) is 5.10 Å². The Balaban J connectivity index is 2.22. The van der Waals surface area contributed by atoms with Gasteiger partial charge in [-0.3, -0.25) is 0 Å². The van der Waals surface area contributed by atoms with Crippen molar-refractivity contribution in [2.45, 2.75) is 13.8 Å². The van der Waals surface area contributed by atoms with Crippen molar-refractivity contribution in [2.75, 3.05) is 25.6 Å². The normalized spacial score (nSPS) is 10.8. The molecule has 0 amide bonds. The standard InChI is InChI=1S/C14H17BrN6O4/c1-3-23-11-6-9(7-17-21-14(16)18-19-20-21)5-10(15)13(11)25-8-12(22)24-4-2/h5-7H,3-4,8H2,1-2H3,(H2,16,18,20). The molecule has 10 nitrogen and oxygen atoms in total. The van der Waals surface area contributed by atoms with Gasteiger partial charge in [0.1, 0.15) is 0 Å². The summed E-state index contributed by atoms with van der Waals surface area (Å²) in [5.74, 6) is 0.452. The molecule has 11 heteroatoms. The third kappa shape index (κ3) is 5.14. The van der Waals surface area contributed by atoms with Crippen LogP contribution in [0.3, 0.4) is 0 Å². The fourth-order valence-corrected chi connectivity index (χ4v) is 2.37. The molecule has 134 valence electrons. The lowest BCUT2D eigenvalue weighted by atomic mass is 10.2. The van der Waals surface area contributed by atoms with Crippen molar-refractivity contribution in [1.82, 2.24) is 20.3 Å². The third-order valence-electron chi connectivity index (χ3n) is 2.76. The highest BCUT2D eigenvalue weighted by atomic mass is 79.9. The molecular formula is C14H17BrN6O4. The van der Waals surface area contributed by atoms with Gasteiger partial charge in [-0.1, -0.05) is 9.89 Å². The summed E-state index contributed by atoms with van der Waals surface area (Å²) in [5, 5.41) is 14.6. The van der Waals surface area contributed by atoms with Crippen LogP contribution in [-0.2, 0) is 9.53 Å². The van der Waals surface area contributed by atoms with E-state index in [0.29, 0.717) is 28.1 Å². The SMILES string of the molecule is CCOC(=O)COc1c(Br)cc(C=Nn2nnnc2N)cc1OCC. The van der Waals surface area contributed by atoms with Crippen molar-refractivity contribution in [3.63, 3.8) is 0 Å². The maximum Gasteiger partial charge on any atom is 0.344 e. The van der Waals surface area contributed by atoms with Crippen LogP contribution in [0.25, 0.3) is 0 Å². The van der Waals surface area contributed by atoms with Gasteiger partial charge in [-0.25, -0.2) is 4.79 Å². The van der Waals surface area contributed by atoms with Gasteiger partial charge in [0.05, 0.1) is 23.9 Å². The second-order valence-corrected chi connectivity index (χ2v) is 5.38. The largest absolute Gasteiger partial charge is 0.490 e. The number of carbonyl (C=O) groups excluding carboxylic acids is 1. The first-order valence-electron chi connectivity index (χ1n) is 7.38. The van der Waals surface area contributed by atoms with E-state index >= 15 is 0 Å². The van der Waals surface area contributed by atoms with E-state index in [1.807, 2.05) is 6.92 Å². The van der Waals surface area contributed by atoms with Gasteiger partial charge < -0.3 is 19.9 Å². The molecule has 0 saturated carbocycles. The average Bonchev–Trinajstić information content (AvgIpc) is 2.98. The molecule has 0 saturated heterocycles. The van der Waals surface area contributed by atoms with Crippen molar-refractivity contribution >= 4 is 34.1 Å². The lowest BCUT2D eigenvalue weighted by Crippen LogP contribution is -2.15. The number of hydrogen-bond acceptors (Lipinski definition) is 9. The van der Waals surface area contributed by atoms with E-state index in [1.165, 1.54) is 6.21 Å². The van der Waals surface area contributed by atoms with Crippen molar-refractivity contribution < 1.29 is 19.0 Å². The Morgan fingerprint density at radius 1 is 1.36 bits per heavy atom. The highest BCUT2D eigenvalue weighted by molar-refractivity contribution is 9.10. The topological polar surface area (TPSA) is 127 Å². The van der Waals surface area contributed by atoms with E-state index in [0.717, 1.165) is 4.79 Å². The zero-order chi connectivity index (χ0) is 18.2. The summed E-state index contributed by atoms with van der Waals surface area (Å²) in [6.45, 7) is 4.05. The molecule has 2 N–H and O–H groups in total. The maximum atomic E-state index is 11.5. The first kappa shape index (κ1) is 18.6. The Morgan fingerprint density at radius 2 is 2.16 bits per heavy atom. The monoisotopic (exact) mass is 412 g/mol. The van der Waals surface area contributed by atoms with Crippen LogP contribution in [0.1, 0.15) is 19.4 Å². The van der Waals surface area contributed by atoms with Crippen LogP contribution in [0.5, 0.6) is 11.5 Å². The molecular weight excluding hydrogens is 396 g/mol. The second kappa shape index (κ2) is 8.97. The number of nitrogens with two attached hydrogens (primary N) is 1. The molecule has 1 aromatic heterocycles. The van der Waals surface area contributed by atoms with Gasteiger partial charge in [0.15, 0.2) is 18.1 Å². The summed E-state index contributed by atoms with van der Waals surface area (Å²) in [5.41, 5.74) is 6.23. The van der Waals surface area contributed by atoms with Gasteiger partial charge in [0.2, 0.25) is 0 Å².